The van der Waals surface area contributed by atoms with Crippen LogP contribution in [0.3, 0.4) is 0 Å². The van der Waals surface area contributed by atoms with Crippen LogP contribution < -0.4 is 0 Å². The van der Waals surface area contributed by atoms with E-state index in [1.54, 1.807) is 18.2 Å². The number of nitrogens with zero attached hydrogens (tertiary/aromatic N) is 3. The topological polar surface area (TPSA) is 68.0 Å². The monoisotopic (exact) mass is 275 g/mol. The Morgan fingerprint density at radius 3 is 2.75 bits per heavy atom. The maximum absolute atomic E-state index is 10.9. The fourth-order valence-corrected chi connectivity index (χ4v) is 2.88. The Hall–Kier alpha value is -1.95. The van der Waals surface area contributed by atoms with Crippen molar-refractivity contribution in [2.24, 2.45) is 11.1 Å². The summed E-state index contributed by atoms with van der Waals surface area (Å²) in [4.78, 5) is 18.2. The molecule has 0 aliphatic carbocycles. The number of oxime groups is 1. The van der Waals surface area contributed by atoms with E-state index in [1.807, 2.05) is 0 Å². The van der Waals surface area contributed by atoms with E-state index >= 15 is 0 Å². The fourth-order valence-electron chi connectivity index (χ4n) is 2.88. The van der Waals surface area contributed by atoms with E-state index in [2.05, 4.69) is 10.1 Å². The molecule has 0 spiro atoms. The van der Waals surface area contributed by atoms with Gasteiger partial charge in [-0.15, -0.1) is 0 Å². The molecule has 106 valence electrons. The highest BCUT2D eigenvalue weighted by Gasteiger charge is 2.31. The molecule has 0 unspecified atom stereocenters. The molecule has 3 aliphatic rings. The Labute approximate surface area is 117 Å². The van der Waals surface area contributed by atoms with E-state index in [0.29, 0.717) is 11.5 Å². The largest absolute Gasteiger partial charge is 0.391 e. The zero-order valence-electron chi connectivity index (χ0n) is 11.2. The molecular weight excluding hydrogens is 258 g/mol. The van der Waals surface area contributed by atoms with E-state index in [0.717, 1.165) is 38.2 Å². The van der Waals surface area contributed by atoms with Crippen LogP contribution >= 0.6 is 0 Å². The van der Waals surface area contributed by atoms with E-state index in [1.165, 1.54) is 6.07 Å². The van der Waals surface area contributed by atoms with Crippen LogP contribution in [0.2, 0.25) is 0 Å². The summed E-state index contributed by atoms with van der Waals surface area (Å²) in [6.07, 6.45) is 2.29. The van der Waals surface area contributed by atoms with Gasteiger partial charge >= 0.3 is 0 Å². The first kappa shape index (κ1) is 13.1. The quantitative estimate of drug-likeness (QED) is 0.624. The second kappa shape index (κ2) is 5.58. The Morgan fingerprint density at radius 2 is 2.10 bits per heavy atom. The lowest BCUT2D eigenvalue weighted by Crippen LogP contribution is -2.47. The summed E-state index contributed by atoms with van der Waals surface area (Å²) >= 11 is 0. The molecule has 0 aromatic heterocycles. The van der Waals surface area contributed by atoms with Gasteiger partial charge in [-0.2, -0.15) is 0 Å². The van der Waals surface area contributed by atoms with Crippen LogP contribution in [0.5, 0.6) is 0 Å². The fraction of sp³-hybridized carbons (Fsp3) is 0.500. The molecule has 0 amide bonds. The van der Waals surface area contributed by atoms with Crippen molar-refractivity contribution in [3.8, 4) is 0 Å². The molecule has 1 aromatic rings. The molecule has 0 radical (unpaired) electrons. The van der Waals surface area contributed by atoms with Crippen LogP contribution in [-0.4, -0.2) is 35.2 Å². The molecule has 6 nitrogen and oxygen atoms in total. The average molecular weight is 275 g/mol. The molecule has 3 saturated heterocycles. The molecule has 0 saturated carbocycles. The predicted molar refractivity (Wildman–Crippen MR) is 74.5 cm³/mol. The van der Waals surface area contributed by atoms with Gasteiger partial charge in [0.25, 0.3) is 5.69 Å². The summed E-state index contributed by atoms with van der Waals surface area (Å²) in [6, 6.07) is 6.61. The van der Waals surface area contributed by atoms with Crippen molar-refractivity contribution < 1.29 is 9.76 Å². The average Bonchev–Trinajstić information content (AvgIpc) is 2.49. The summed E-state index contributed by atoms with van der Waals surface area (Å²) in [5, 5.41) is 15.1. The Kier molecular flexibility index (Phi) is 3.64. The lowest BCUT2D eigenvalue weighted by molar-refractivity contribution is -0.386. The summed E-state index contributed by atoms with van der Waals surface area (Å²) in [7, 11) is 0. The minimum atomic E-state index is -0.389. The van der Waals surface area contributed by atoms with Crippen LogP contribution in [0.15, 0.2) is 29.4 Å². The van der Waals surface area contributed by atoms with Gasteiger partial charge in [0.05, 0.1) is 16.2 Å². The van der Waals surface area contributed by atoms with Gasteiger partial charge < -0.3 is 4.84 Å². The molecule has 6 heteroatoms. The Bertz CT molecular complexity index is 536. The molecule has 1 aromatic carbocycles. The highest BCUT2D eigenvalue weighted by Crippen LogP contribution is 2.25. The predicted octanol–water partition coefficient (Wildman–Crippen LogP) is 2.19. The molecule has 0 atom stereocenters. The van der Waals surface area contributed by atoms with Gasteiger partial charge in [-0.05, 0) is 32.0 Å². The number of benzene rings is 1. The lowest BCUT2D eigenvalue weighted by atomic mass is 9.87. The summed E-state index contributed by atoms with van der Waals surface area (Å²) in [5.41, 5.74) is 1.73. The van der Waals surface area contributed by atoms with Gasteiger partial charge in [-0.1, -0.05) is 17.3 Å². The third kappa shape index (κ3) is 2.65. The number of rotatable bonds is 4. The smallest absolute Gasteiger partial charge is 0.276 e. The van der Waals surface area contributed by atoms with Crippen LogP contribution in [0.25, 0.3) is 0 Å². The van der Waals surface area contributed by atoms with Gasteiger partial charge in [0.2, 0.25) is 0 Å². The zero-order valence-corrected chi connectivity index (χ0v) is 11.2. The first-order chi connectivity index (χ1) is 9.74. The van der Waals surface area contributed by atoms with Crippen molar-refractivity contribution in [2.75, 3.05) is 19.6 Å². The first-order valence-electron chi connectivity index (χ1n) is 6.87. The molecule has 0 N–H and O–H groups in total. The lowest BCUT2D eigenvalue weighted by Gasteiger charge is -2.39. The molecule has 3 fully saturated rings. The zero-order chi connectivity index (χ0) is 13.9. The minimum absolute atomic E-state index is 0.0848. The SMILES string of the molecule is O=[N+]([O-])c1ccccc1CO/N=C1\CN2CCC1CC2. The molecule has 3 aliphatic heterocycles. The highest BCUT2D eigenvalue weighted by atomic mass is 16.6. The van der Waals surface area contributed by atoms with Crippen LogP contribution in [0.1, 0.15) is 18.4 Å². The van der Waals surface area contributed by atoms with Gasteiger partial charge in [-0.3, -0.25) is 15.0 Å². The van der Waals surface area contributed by atoms with Crippen molar-refractivity contribution in [1.29, 1.82) is 0 Å². The number of para-hydroxylation sites is 1. The molecule has 20 heavy (non-hydrogen) atoms. The van der Waals surface area contributed by atoms with Crippen molar-refractivity contribution >= 4 is 11.4 Å². The molecular formula is C14H17N3O3. The van der Waals surface area contributed by atoms with E-state index in [9.17, 15) is 10.1 Å². The van der Waals surface area contributed by atoms with Gasteiger partial charge in [0.15, 0.2) is 0 Å². The number of fused-ring (bicyclic) bond motifs is 3. The van der Waals surface area contributed by atoms with E-state index in [-0.39, 0.29) is 17.2 Å². The normalized spacial score (nSPS) is 26.7. The minimum Gasteiger partial charge on any atom is -0.391 e. The first-order valence-corrected chi connectivity index (χ1v) is 6.87. The maximum atomic E-state index is 10.9. The second-order valence-corrected chi connectivity index (χ2v) is 5.29. The van der Waals surface area contributed by atoms with Gasteiger partial charge in [0.1, 0.15) is 6.61 Å². The van der Waals surface area contributed by atoms with Crippen molar-refractivity contribution in [3.05, 3.63) is 39.9 Å². The third-order valence-corrected chi connectivity index (χ3v) is 4.03. The van der Waals surface area contributed by atoms with Crippen molar-refractivity contribution in [3.63, 3.8) is 0 Å². The molecule has 4 rings (SSSR count). The number of hydrogen-bond acceptors (Lipinski definition) is 5. The second-order valence-electron chi connectivity index (χ2n) is 5.29. The maximum Gasteiger partial charge on any atom is 0.276 e. The Morgan fingerprint density at radius 1 is 1.35 bits per heavy atom. The number of nitro groups is 1. The van der Waals surface area contributed by atoms with Crippen LogP contribution in [0, 0.1) is 16.0 Å². The number of piperidine rings is 3. The summed E-state index contributed by atoms with van der Waals surface area (Å²) < 4.78 is 0. The highest BCUT2D eigenvalue weighted by molar-refractivity contribution is 5.89. The third-order valence-electron chi connectivity index (χ3n) is 4.03. The van der Waals surface area contributed by atoms with Gasteiger partial charge in [-0.25, -0.2) is 0 Å². The number of nitro benzene ring substituents is 1. The molecule has 3 heterocycles. The van der Waals surface area contributed by atoms with E-state index < -0.39 is 0 Å². The van der Waals surface area contributed by atoms with Crippen molar-refractivity contribution in [2.45, 2.75) is 19.4 Å². The summed E-state index contributed by atoms with van der Waals surface area (Å²) in [6.45, 7) is 3.32. The number of hydrogen-bond donors (Lipinski definition) is 0. The molecule has 2 bridgehead atoms. The van der Waals surface area contributed by atoms with Crippen LogP contribution in [-0.2, 0) is 11.4 Å². The van der Waals surface area contributed by atoms with Crippen molar-refractivity contribution in [1.82, 2.24) is 4.90 Å². The van der Waals surface area contributed by atoms with Crippen LogP contribution in [0.4, 0.5) is 5.69 Å². The Balaban J connectivity index is 1.64. The van der Waals surface area contributed by atoms with E-state index in [4.69, 9.17) is 4.84 Å². The summed E-state index contributed by atoms with van der Waals surface area (Å²) in [5.74, 6) is 0.533. The standard InChI is InChI=1S/C14H17N3O3/c18-17(19)14-4-2-1-3-12(14)10-20-15-13-9-16-7-5-11(13)6-8-16/h1-4,11H,5-10H2/b15-13+. The van der Waals surface area contributed by atoms with Gasteiger partial charge in [0, 0.05) is 18.5 Å².